The second-order valence-corrected chi connectivity index (χ2v) is 6.56. The Labute approximate surface area is 137 Å². The van der Waals surface area contributed by atoms with Crippen molar-refractivity contribution in [3.05, 3.63) is 91.0 Å². The van der Waals surface area contributed by atoms with E-state index in [0.29, 0.717) is 0 Å². The van der Waals surface area contributed by atoms with Crippen LogP contribution in [0.4, 0.5) is 0 Å². The van der Waals surface area contributed by atoms with Crippen molar-refractivity contribution >= 4 is 23.8 Å². The van der Waals surface area contributed by atoms with E-state index in [-0.39, 0.29) is 22.5 Å². The predicted octanol–water partition coefficient (Wildman–Crippen LogP) is 2.62. The van der Waals surface area contributed by atoms with Crippen LogP contribution in [0.15, 0.2) is 91.0 Å². The Balaban J connectivity index is 0.00000110. The van der Waals surface area contributed by atoms with E-state index >= 15 is 0 Å². The normalized spacial score (nSPS) is 9.57. The van der Waals surface area contributed by atoms with Crippen molar-refractivity contribution in [2.45, 2.75) is 0 Å². The molecule has 3 heteroatoms. The van der Waals surface area contributed by atoms with Crippen LogP contribution in [-0.4, -0.2) is 5.48 Å². The van der Waals surface area contributed by atoms with Gasteiger partial charge in [0, 0.05) is 0 Å². The van der Waals surface area contributed by atoms with Gasteiger partial charge >= 0.3 is 17.1 Å². The summed E-state index contributed by atoms with van der Waals surface area (Å²) in [5.74, 6) is 0. The van der Waals surface area contributed by atoms with Gasteiger partial charge in [0.1, 0.15) is 0 Å². The van der Waals surface area contributed by atoms with Crippen molar-refractivity contribution in [2.75, 3.05) is 0 Å². The van der Waals surface area contributed by atoms with Crippen LogP contribution in [0.25, 0.3) is 0 Å². The fourth-order valence-electron chi connectivity index (χ4n) is 2.18. The molecule has 1 nitrogen and oxygen atoms in total. The molecule has 0 aliphatic rings. The maximum atomic E-state index is 2.23. The zero-order chi connectivity index (χ0) is 12.9. The second-order valence-electron chi connectivity index (χ2n) is 4.34. The van der Waals surface area contributed by atoms with Crippen LogP contribution in [-0.2, 0) is 17.1 Å². The van der Waals surface area contributed by atoms with E-state index in [2.05, 4.69) is 91.0 Å². The molecule has 0 unspecified atom stereocenters. The molecule has 0 amide bonds. The van der Waals surface area contributed by atoms with Gasteiger partial charge in [-0.05, 0) is 23.8 Å². The first kappa shape index (κ1) is 17.6. The Bertz CT molecular complexity index is 535. The Hall–Kier alpha value is -1.43. The summed E-state index contributed by atoms with van der Waals surface area (Å²) in [4.78, 5) is 0. The summed E-state index contributed by atoms with van der Waals surface area (Å²) in [5.41, 5.74) is 0. The molecule has 3 rings (SSSR count). The molecule has 0 saturated heterocycles. The van der Waals surface area contributed by atoms with Crippen molar-refractivity contribution in [2.24, 2.45) is 0 Å². The first-order chi connectivity index (χ1) is 9.45. The molecule has 0 atom stereocenters. The maximum Gasteiger partial charge on any atom is 1.00 e. The average Bonchev–Trinajstić information content (AvgIpc) is 2.51. The topological polar surface area (TPSA) is 31.5 Å². The van der Waals surface area contributed by atoms with Crippen LogP contribution in [0.1, 0.15) is 0 Å². The molecule has 0 fully saturated rings. The smallest absolute Gasteiger partial charge is 0.412 e. The van der Waals surface area contributed by atoms with Gasteiger partial charge in [-0.3, -0.25) is 0 Å². The largest absolute Gasteiger partial charge is 1.00 e. The van der Waals surface area contributed by atoms with Gasteiger partial charge in [0.25, 0.3) is 0 Å². The zero-order valence-electron chi connectivity index (χ0n) is 11.4. The molecule has 0 aromatic heterocycles. The van der Waals surface area contributed by atoms with Gasteiger partial charge in [0.2, 0.25) is 0 Å². The quantitative estimate of drug-likeness (QED) is 0.517. The molecule has 3 aromatic carbocycles. The van der Waals surface area contributed by atoms with Gasteiger partial charge in [-0.15, -0.1) is 0 Å². The van der Waals surface area contributed by atoms with Crippen LogP contribution in [0.5, 0.6) is 0 Å². The zero-order valence-corrected chi connectivity index (χ0v) is 13.2. The van der Waals surface area contributed by atoms with E-state index in [0.717, 1.165) is 0 Å². The second kappa shape index (κ2) is 8.77. The third-order valence-electron chi connectivity index (χ3n) is 3.04. The van der Waals surface area contributed by atoms with Gasteiger partial charge in [0.15, 0.2) is 0 Å². The van der Waals surface area contributed by atoms with Gasteiger partial charge in [-0.2, -0.15) is 0 Å². The molecule has 3 aromatic rings. The summed E-state index contributed by atoms with van der Waals surface area (Å²) in [7, 11) is -0.446. The standard InChI is InChI=1S/C18H15P.Cu.H2O/c1-4-10-16(11-5-1)19(17-12-6-2-7-13-17)18-14-8-3-9-15-18;;/h1-15H;;1H2/q;+1;. The van der Waals surface area contributed by atoms with Crippen LogP contribution < -0.4 is 15.9 Å². The molecule has 21 heavy (non-hydrogen) atoms. The van der Waals surface area contributed by atoms with Gasteiger partial charge in [-0.1, -0.05) is 91.0 Å². The van der Waals surface area contributed by atoms with Crippen LogP contribution in [0.2, 0.25) is 0 Å². The van der Waals surface area contributed by atoms with E-state index in [9.17, 15) is 0 Å². The molecule has 0 aliphatic carbocycles. The monoisotopic (exact) mass is 343 g/mol. The summed E-state index contributed by atoms with van der Waals surface area (Å²) in [5, 5.41) is 4.19. The number of hydrogen-bond donors (Lipinski definition) is 0. The fourth-order valence-corrected chi connectivity index (χ4v) is 4.48. The average molecular weight is 344 g/mol. The van der Waals surface area contributed by atoms with E-state index in [4.69, 9.17) is 0 Å². The minimum absolute atomic E-state index is 0. The van der Waals surface area contributed by atoms with Gasteiger partial charge < -0.3 is 5.48 Å². The Morgan fingerprint density at radius 2 is 0.667 bits per heavy atom. The SMILES string of the molecule is O.[Cu+].c1ccc(P(c2ccccc2)c2ccccc2)cc1. The summed E-state index contributed by atoms with van der Waals surface area (Å²) in [6, 6.07) is 32.3. The van der Waals surface area contributed by atoms with Crippen molar-refractivity contribution in [3.8, 4) is 0 Å². The molecule has 2 N–H and O–H groups in total. The summed E-state index contributed by atoms with van der Waals surface area (Å²) in [6.45, 7) is 0. The molecule has 0 heterocycles. The number of rotatable bonds is 3. The van der Waals surface area contributed by atoms with Crippen molar-refractivity contribution < 1.29 is 22.5 Å². The molecular weight excluding hydrogens is 327 g/mol. The van der Waals surface area contributed by atoms with Crippen LogP contribution in [0.3, 0.4) is 0 Å². The fraction of sp³-hybridized carbons (Fsp3) is 0. The molecule has 0 spiro atoms. The van der Waals surface area contributed by atoms with E-state index in [1.807, 2.05) is 0 Å². The van der Waals surface area contributed by atoms with Crippen molar-refractivity contribution in [1.82, 2.24) is 0 Å². The number of benzene rings is 3. The first-order valence-electron chi connectivity index (χ1n) is 6.40. The molecular formula is C18H17CuOP+. The summed E-state index contributed by atoms with van der Waals surface area (Å²) < 4.78 is 0. The van der Waals surface area contributed by atoms with E-state index in [1.165, 1.54) is 15.9 Å². The molecule has 0 radical (unpaired) electrons. The first-order valence-corrected chi connectivity index (χ1v) is 7.74. The minimum atomic E-state index is -0.446. The number of hydrogen-bond acceptors (Lipinski definition) is 0. The molecule has 0 saturated carbocycles. The third-order valence-corrected chi connectivity index (χ3v) is 5.49. The van der Waals surface area contributed by atoms with E-state index < -0.39 is 7.92 Å². The predicted molar refractivity (Wildman–Crippen MR) is 88.8 cm³/mol. The minimum Gasteiger partial charge on any atom is -0.412 e. The van der Waals surface area contributed by atoms with Crippen LogP contribution >= 0.6 is 7.92 Å². The maximum absolute atomic E-state index is 2.23. The Kier molecular flexibility index (Phi) is 7.36. The summed E-state index contributed by atoms with van der Waals surface area (Å²) >= 11 is 0. The van der Waals surface area contributed by atoms with E-state index in [1.54, 1.807) is 0 Å². The Morgan fingerprint density at radius 3 is 0.905 bits per heavy atom. The van der Waals surface area contributed by atoms with Crippen molar-refractivity contribution in [3.63, 3.8) is 0 Å². The third kappa shape index (κ3) is 4.27. The Morgan fingerprint density at radius 1 is 0.429 bits per heavy atom. The van der Waals surface area contributed by atoms with Crippen LogP contribution in [0, 0.1) is 0 Å². The van der Waals surface area contributed by atoms with Crippen molar-refractivity contribution in [1.29, 1.82) is 0 Å². The van der Waals surface area contributed by atoms with Gasteiger partial charge in [0.05, 0.1) is 0 Å². The molecule has 0 bridgehead atoms. The van der Waals surface area contributed by atoms with Gasteiger partial charge in [-0.25, -0.2) is 0 Å². The summed E-state index contributed by atoms with van der Waals surface area (Å²) in [6.07, 6.45) is 0. The molecule has 0 aliphatic heterocycles. The molecule has 110 valence electrons.